The first-order valence-electron chi connectivity index (χ1n) is 4.76. The second kappa shape index (κ2) is 3.49. The molecule has 0 radical (unpaired) electrons. The van der Waals surface area contributed by atoms with Crippen LogP contribution in [0.3, 0.4) is 0 Å². The largest absolute Gasteiger partial charge is 0.346 e. The van der Waals surface area contributed by atoms with Gasteiger partial charge in [0, 0.05) is 0 Å². The molecule has 0 bridgehead atoms. The molecule has 1 atom stereocenters. The molecule has 2 N–H and O–H groups in total. The molecule has 2 aromatic rings. The van der Waals surface area contributed by atoms with E-state index in [4.69, 9.17) is 0 Å². The molecule has 0 spiro atoms. The van der Waals surface area contributed by atoms with Crippen LogP contribution in [0.1, 0.15) is 12.8 Å². The molecule has 0 aliphatic carbocycles. The minimum Gasteiger partial charge on any atom is -0.346 e. The van der Waals surface area contributed by atoms with Crippen molar-refractivity contribution in [3.63, 3.8) is 0 Å². The van der Waals surface area contributed by atoms with E-state index in [9.17, 15) is 0 Å². The molecule has 74 valence electrons. The van der Waals surface area contributed by atoms with Crippen molar-refractivity contribution in [1.29, 1.82) is 0 Å². The van der Waals surface area contributed by atoms with Crippen LogP contribution in [0.4, 0.5) is 5.13 Å². The van der Waals surface area contributed by atoms with Crippen molar-refractivity contribution in [2.75, 3.05) is 11.9 Å². The Labute approximate surface area is 90.2 Å². The maximum Gasteiger partial charge on any atom is 0.185 e. The molecular weight excluding hydrogens is 214 g/mol. The number of hydrogen-bond donors (Lipinski definition) is 2. The highest BCUT2D eigenvalue weighted by Gasteiger charge is 2.15. The average Bonchev–Trinajstić information content (AvgIpc) is 2.78. The SMILES string of the molecule is c1cc2sc(NC3CCCN3)nc2s1. The van der Waals surface area contributed by atoms with Gasteiger partial charge in [-0.1, -0.05) is 11.3 Å². The van der Waals surface area contributed by atoms with Gasteiger partial charge in [-0.25, -0.2) is 4.98 Å². The van der Waals surface area contributed by atoms with E-state index in [2.05, 4.69) is 27.1 Å². The lowest BCUT2D eigenvalue weighted by molar-refractivity contribution is 0.679. The van der Waals surface area contributed by atoms with E-state index in [1.807, 2.05) is 0 Å². The first-order chi connectivity index (χ1) is 6.92. The highest BCUT2D eigenvalue weighted by atomic mass is 32.1. The summed E-state index contributed by atoms with van der Waals surface area (Å²) in [6.45, 7) is 1.12. The van der Waals surface area contributed by atoms with Crippen molar-refractivity contribution in [2.24, 2.45) is 0 Å². The molecular formula is C9H11N3S2. The number of fused-ring (bicyclic) bond motifs is 1. The number of thiophene rings is 1. The Morgan fingerprint density at radius 2 is 2.57 bits per heavy atom. The van der Waals surface area contributed by atoms with Crippen molar-refractivity contribution >= 4 is 37.3 Å². The Balaban J connectivity index is 1.80. The normalized spacial score (nSPS) is 21.9. The Morgan fingerprint density at radius 3 is 3.36 bits per heavy atom. The van der Waals surface area contributed by atoms with Gasteiger partial charge < -0.3 is 5.32 Å². The summed E-state index contributed by atoms with van der Waals surface area (Å²) in [4.78, 5) is 5.67. The third-order valence-electron chi connectivity index (χ3n) is 2.38. The van der Waals surface area contributed by atoms with Crippen molar-refractivity contribution in [2.45, 2.75) is 19.0 Å². The van der Waals surface area contributed by atoms with Crippen LogP contribution in [0.2, 0.25) is 0 Å². The summed E-state index contributed by atoms with van der Waals surface area (Å²) in [5.41, 5.74) is 0. The first kappa shape index (κ1) is 8.64. The fraction of sp³-hybridized carbons (Fsp3) is 0.444. The number of nitrogens with one attached hydrogen (secondary N) is 2. The molecule has 0 amide bonds. The molecule has 3 nitrogen and oxygen atoms in total. The molecule has 1 aliphatic rings. The van der Waals surface area contributed by atoms with Crippen molar-refractivity contribution in [1.82, 2.24) is 10.3 Å². The monoisotopic (exact) mass is 225 g/mol. The molecule has 1 fully saturated rings. The smallest absolute Gasteiger partial charge is 0.185 e. The number of thiazole rings is 1. The Bertz CT molecular complexity index is 399. The van der Waals surface area contributed by atoms with Gasteiger partial charge in [-0.2, -0.15) is 0 Å². The van der Waals surface area contributed by atoms with Crippen molar-refractivity contribution in [3.05, 3.63) is 11.4 Å². The zero-order valence-electron chi connectivity index (χ0n) is 7.62. The molecule has 1 saturated heterocycles. The van der Waals surface area contributed by atoms with Crippen LogP contribution in [0, 0.1) is 0 Å². The van der Waals surface area contributed by atoms with Crippen LogP contribution in [0.5, 0.6) is 0 Å². The molecule has 0 aromatic carbocycles. The van der Waals surface area contributed by atoms with E-state index in [0.29, 0.717) is 6.17 Å². The number of rotatable bonds is 2. The van der Waals surface area contributed by atoms with Gasteiger partial charge in [0.1, 0.15) is 4.83 Å². The third-order valence-corrected chi connectivity index (χ3v) is 4.27. The lowest BCUT2D eigenvalue weighted by atomic mass is 10.3. The summed E-state index contributed by atoms with van der Waals surface area (Å²) >= 11 is 3.44. The second-order valence-electron chi connectivity index (χ2n) is 3.40. The van der Waals surface area contributed by atoms with E-state index < -0.39 is 0 Å². The van der Waals surface area contributed by atoms with Crippen molar-refractivity contribution in [3.8, 4) is 0 Å². The maximum absolute atomic E-state index is 4.52. The highest BCUT2D eigenvalue weighted by Crippen LogP contribution is 2.30. The zero-order valence-corrected chi connectivity index (χ0v) is 9.25. The van der Waals surface area contributed by atoms with E-state index in [1.165, 1.54) is 17.5 Å². The molecule has 5 heteroatoms. The summed E-state index contributed by atoms with van der Waals surface area (Å²) in [6.07, 6.45) is 2.89. The summed E-state index contributed by atoms with van der Waals surface area (Å²) in [6, 6.07) is 2.13. The van der Waals surface area contributed by atoms with E-state index in [0.717, 1.165) is 16.5 Å². The lowest BCUT2D eigenvalue weighted by Crippen LogP contribution is -2.29. The molecule has 2 aromatic heterocycles. The number of aromatic nitrogens is 1. The Hall–Kier alpha value is -0.650. The number of anilines is 1. The minimum atomic E-state index is 0.426. The van der Waals surface area contributed by atoms with Gasteiger partial charge in [0.25, 0.3) is 0 Å². The summed E-state index contributed by atoms with van der Waals surface area (Å²) < 4.78 is 1.29. The predicted molar refractivity (Wildman–Crippen MR) is 62.1 cm³/mol. The molecule has 3 rings (SSSR count). The lowest BCUT2D eigenvalue weighted by Gasteiger charge is -2.10. The predicted octanol–water partition coefficient (Wildman–Crippen LogP) is 2.48. The van der Waals surface area contributed by atoms with Gasteiger partial charge >= 0.3 is 0 Å². The molecule has 3 heterocycles. The quantitative estimate of drug-likeness (QED) is 0.824. The number of hydrogen-bond acceptors (Lipinski definition) is 5. The fourth-order valence-electron chi connectivity index (χ4n) is 1.69. The first-order valence-corrected chi connectivity index (χ1v) is 6.45. The van der Waals surface area contributed by atoms with Gasteiger partial charge in [-0.05, 0) is 30.8 Å². The topological polar surface area (TPSA) is 37.0 Å². The highest BCUT2D eigenvalue weighted by molar-refractivity contribution is 7.28. The Kier molecular flexibility index (Phi) is 2.15. The molecule has 1 unspecified atom stereocenters. The molecule has 0 saturated carbocycles. The average molecular weight is 225 g/mol. The summed E-state index contributed by atoms with van der Waals surface area (Å²) in [5, 5.41) is 9.96. The van der Waals surface area contributed by atoms with Gasteiger partial charge in [0.2, 0.25) is 0 Å². The van der Waals surface area contributed by atoms with E-state index >= 15 is 0 Å². The van der Waals surface area contributed by atoms with Crippen LogP contribution in [0.15, 0.2) is 11.4 Å². The van der Waals surface area contributed by atoms with Crippen LogP contribution in [-0.2, 0) is 0 Å². The maximum atomic E-state index is 4.52. The van der Waals surface area contributed by atoms with Gasteiger partial charge in [0.05, 0.1) is 10.9 Å². The Morgan fingerprint density at radius 1 is 1.57 bits per heavy atom. The van der Waals surface area contributed by atoms with E-state index in [-0.39, 0.29) is 0 Å². The summed E-state index contributed by atoms with van der Waals surface area (Å²) in [7, 11) is 0. The molecule has 14 heavy (non-hydrogen) atoms. The molecule has 1 aliphatic heterocycles. The van der Waals surface area contributed by atoms with E-state index in [1.54, 1.807) is 22.7 Å². The van der Waals surface area contributed by atoms with Gasteiger partial charge in [0.15, 0.2) is 5.13 Å². The fourth-order valence-corrected chi connectivity index (χ4v) is 3.58. The second-order valence-corrected chi connectivity index (χ2v) is 5.33. The van der Waals surface area contributed by atoms with Crippen LogP contribution < -0.4 is 10.6 Å². The van der Waals surface area contributed by atoms with Gasteiger partial charge in [-0.15, -0.1) is 11.3 Å². The zero-order chi connectivity index (χ0) is 9.38. The van der Waals surface area contributed by atoms with Crippen LogP contribution >= 0.6 is 22.7 Å². The minimum absolute atomic E-state index is 0.426. The summed E-state index contributed by atoms with van der Waals surface area (Å²) in [5.74, 6) is 0. The number of nitrogens with zero attached hydrogens (tertiary/aromatic N) is 1. The third kappa shape index (κ3) is 1.51. The van der Waals surface area contributed by atoms with Crippen molar-refractivity contribution < 1.29 is 0 Å². The van der Waals surface area contributed by atoms with Crippen LogP contribution in [-0.4, -0.2) is 17.7 Å². The van der Waals surface area contributed by atoms with Gasteiger partial charge in [-0.3, -0.25) is 5.32 Å². The standard InChI is InChI=1S/C9H11N3S2/c1-2-7(10-4-1)11-9-12-8-6(14-9)3-5-13-8/h3,5,7,10H,1-2,4H2,(H,11,12). The van der Waals surface area contributed by atoms with Crippen LogP contribution in [0.25, 0.3) is 9.53 Å².